The number of rotatable bonds is 8. The lowest BCUT2D eigenvalue weighted by Crippen LogP contribution is -2.53. The van der Waals surface area contributed by atoms with Crippen molar-refractivity contribution in [2.24, 2.45) is 28.9 Å². The molecule has 4 N–H and O–H groups in total. The molecule has 3 amide bonds. The van der Waals surface area contributed by atoms with Crippen molar-refractivity contribution in [2.75, 3.05) is 29.9 Å². The number of carbonyl (C=O) groups is 3. The van der Waals surface area contributed by atoms with Crippen LogP contribution in [0.4, 0.5) is 11.4 Å². The normalized spacial score (nSPS) is 29.8. The van der Waals surface area contributed by atoms with Crippen molar-refractivity contribution in [1.29, 1.82) is 0 Å². The SMILES string of the molecule is NC(=O)c1ccc(N2CCCC2)c(NC(=O)CCCNC(=O)C23CC4CC(CC(C4)C2)C3)c1. The van der Waals surface area contributed by atoms with E-state index in [0.717, 1.165) is 68.6 Å². The van der Waals surface area contributed by atoms with Crippen LogP contribution in [0.3, 0.4) is 0 Å². The molecular formula is C26H36N4O3. The molecule has 4 saturated carbocycles. The van der Waals surface area contributed by atoms with Crippen LogP contribution >= 0.6 is 0 Å². The molecule has 7 heteroatoms. The summed E-state index contributed by atoms with van der Waals surface area (Å²) < 4.78 is 0. The summed E-state index contributed by atoms with van der Waals surface area (Å²) in [4.78, 5) is 39.6. The predicted octanol–water partition coefficient (Wildman–Crippen LogP) is 3.44. The molecule has 5 fully saturated rings. The average Bonchev–Trinajstić information content (AvgIpc) is 3.30. The molecule has 0 aromatic heterocycles. The lowest BCUT2D eigenvalue weighted by molar-refractivity contribution is -0.146. The Hall–Kier alpha value is -2.57. The van der Waals surface area contributed by atoms with Crippen molar-refractivity contribution in [3.8, 4) is 0 Å². The highest BCUT2D eigenvalue weighted by Gasteiger charge is 2.54. The van der Waals surface area contributed by atoms with Crippen molar-refractivity contribution in [1.82, 2.24) is 5.32 Å². The Balaban J connectivity index is 1.13. The molecule has 4 aliphatic carbocycles. The fourth-order valence-corrected chi connectivity index (χ4v) is 7.26. The molecule has 4 bridgehead atoms. The molecule has 0 unspecified atom stereocenters. The Morgan fingerprint density at radius 1 is 1.00 bits per heavy atom. The Kier molecular flexibility index (Phi) is 6.06. The summed E-state index contributed by atoms with van der Waals surface area (Å²) >= 11 is 0. The lowest BCUT2D eigenvalue weighted by atomic mass is 9.49. The molecule has 5 aliphatic rings. The van der Waals surface area contributed by atoms with Gasteiger partial charge in [-0.05, 0) is 93.7 Å². The maximum Gasteiger partial charge on any atom is 0.248 e. The van der Waals surface area contributed by atoms with Gasteiger partial charge in [0.25, 0.3) is 0 Å². The summed E-state index contributed by atoms with van der Waals surface area (Å²) in [5, 5.41) is 6.13. The van der Waals surface area contributed by atoms with Crippen LogP contribution in [0.5, 0.6) is 0 Å². The molecule has 6 rings (SSSR count). The molecule has 1 aromatic carbocycles. The minimum absolute atomic E-state index is 0.110. The highest BCUT2D eigenvalue weighted by molar-refractivity contribution is 5.99. The third kappa shape index (κ3) is 4.59. The van der Waals surface area contributed by atoms with Gasteiger partial charge in [-0.2, -0.15) is 0 Å². The van der Waals surface area contributed by atoms with E-state index in [1.807, 2.05) is 6.07 Å². The second-order valence-corrected chi connectivity index (χ2v) is 10.9. The molecule has 0 radical (unpaired) electrons. The Morgan fingerprint density at radius 3 is 2.24 bits per heavy atom. The quantitative estimate of drug-likeness (QED) is 0.526. The fraction of sp³-hybridized carbons (Fsp3) is 0.654. The second-order valence-electron chi connectivity index (χ2n) is 10.9. The van der Waals surface area contributed by atoms with Crippen molar-refractivity contribution in [3.05, 3.63) is 23.8 Å². The minimum Gasteiger partial charge on any atom is -0.370 e. The smallest absolute Gasteiger partial charge is 0.248 e. The van der Waals surface area contributed by atoms with Crippen LogP contribution in [0.15, 0.2) is 18.2 Å². The van der Waals surface area contributed by atoms with Crippen LogP contribution in [0.25, 0.3) is 0 Å². The number of primary amides is 1. The van der Waals surface area contributed by atoms with Crippen molar-refractivity contribution < 1.29 is 14.4 Å². The molecule has 0 spiro atoms. The maximum absolute atomic E-state index is 13.1. The first kappa shape index (κ1) is 22.2. The summed E-state index contributed by atoms with van der Waals surface area (Å²) in [6, 6.07) is 5.25. The van der Waals surface area contributed by atoms with Crippen molar-refractivity contribution in [2.45, 2.75) is 64.2 Å². The highest BCUT2D eigenvalue weighted by atomic mass is 16.2. The van der Waals surface area contributed by atoms with Crippen LogP contribution in [0, 0.1) is 23.2 Å². The molecule has 178 valence electrons. The molecular weight excluding hydrogens is 416 g/mol. The van der Waals surface area contributed by atoms with Gasteiger partial charge in [0.2, 0.25) is 17.7 Å². The van der Waals surface area contributed by atoms with Gasteiger partial charge in [0.05, 0.1) is 11.4 Å². The minimum atomic E-state index is -0.508. The van der Waals surface area contributed by atoms with E-state index in [4.69, 9.17) is 5.73 Å². The third-order valence-corrected chi connectivity index (χ3v) is 8.39. The van der Waals surface area contributed by atoms with Crippen LogP contribution < -0.4 is 21.3 Å². The number of anilines is 2. The van der Waals surface area contributed by atoms with Gasteiger partial charge in [-0.1, -0.05) is 0 Å². The summed E-state index contributed by atoms with van der Waals surface area (Å²) in [6.07, 6.45) is 10.3. The van der Waals surface area contributed by atoms with Crippen molar-refractivity contribution in [3.63, 3.8) is 0 Å². The number of hydrogen-bond donors (Lipinski definition) is 3. The number of hydrogen-bond acceptors (Lipinski definition) is 4. The van der Waals surface area contributed by atoms with Crippen LogP contribution in [-0.2, 0) is 9.59 Å². The van der Waals surface area contributed by atoms with E-state index in [1.165, 1.54) is 19.3 Å². The molecule has 7 nitrogen and oxygen atoms in total. The Bertz CT molecular complexity index is 902. The summed E-state index contributed by atoms with van der Waals surface area (Å²) in [6.45, 7) is 2.40. The first-order chi connectivity index (χ1) is 15.9. The Labute approximate surface area is 195 Å². The molecule has 1 saturated heterocycles. The highest BCUT2D eigenvalue weighted by Crippen LogP contribution is 2.60. The van der Waals surface area contributed by atoms with Crippen molar-refractivity contribution >= 4 is 29.1 Å². The standard InChI is InChI=1S/C26H36N4O3/c27-24(32)20-5-6-22(30-8-1-2-9-30)21(13-20)29-23(31)4-3-7-28-25(33)26-14-17-10-18(15-26)12-19(11-17)16-26/h5-6,13,17-19H,1-4,7-12,14-16H2,(H2,27,32)(H,28,33)(H,29,31). The van der Waals surface area contributed by atoms with Gasteiger partial charge >= 0.3 is 0 Å². The van der Waals surface area contributed by atoms with E-state index in [0.29, 0.717) is 30.6 Å². The number of nitrogens with one attached hydrogen (secondary N) is 2. The summed E-state index contributed by atoms with van der Waals surface area (Å²) in [5.41, 5.74) is 7.26. The molecule has 0 atom stereocenters. The zero-order valence-corrected chi connectivity index (χ0v) is 19.4. The van der Waals surface area contributed by atoms with E-state index < -0.39 is 5.91 Å². The van der Waals surface area contributed by atoms with E-state index >= 15 is 0 Å². The number of benzene rings is 1. The summed E-state index contributed by atoms with van der Waals surface area (Å²) in [7, 11) is 0. The number of amides is 3. The molecule has 33 heavy (non-hydrogen) atoms. The number of nitrogens with two attached hydrogens (primary N) is 1. The largest absolute Gasteiger partial charge is 0.370 e. The second kappa shape index (κ2) is 8.99. The zero-order valence-electron chi connectivity index (χ0n) is 19.4. The Morgan fingerprint density at radius 2 is 1.64 bits per heavy atom. The third-order valence-electron chi connectivity index (χ3n) is 8.39. The van der Waals surface area contributed by atoms with E-state index in [2.05, 4.69) is 15.5 Å². The van der Waals surface area contributed by atoms with E-state index in [1.54, 1.807) is 12.1 Å². The number of nitrogens with zero attached hydrogens (tertiary/aromatic N) is 1. The predicted molar refractivity (Wildman–Crippen MR) is 128 cm³/mol. The van der Waals surface area contributed by atoms with E-state index in [-0.39, 0.29) is 17.2 Å². The van der Waals surface area contributed by atoms with Gasteiger partial charge in [0, 0.05) is 37.0 Å². The average molecular weight is 453 g/mol. The van der Waals surface area contributed by atoms with Gasteiger partial charge in [-0.3, -0.25) is 14.4 Å². The van der Waals surface area contributed by atoms with Gasteiger partial charge < -0.3 is 21.3 Å². The van der Waals surface area contributed by atoms with Gasteiger partial charge in [-0.25, -0.2) is 0 Å². The maximum atomic E-state index is 13.1. The van der Waals surface area contributed by atoms with Gasteiger partial charge in [0.1, 0.15) is 0 Å². The van der Waals surface area contributed by atoms with Crippen LogP contribution in [0.2, 0.25) is 0 Å². The topological polar surface area (TPSA) is 105 Å². The molecule has 1 aliphatic heterocycles. The molecule has 1 aromatic rings. The monoisotopic (exact) mass is 452 g/mol. The van der Waals surface area contributed by atoms with Gasteiger partial charge in [0.15, 0.2) is 0 Å². The number of carbonyl (C=O) groups excluding carboxylic acids is 3. The first-order valence-electron chi connectivity index (χ1n) is 12.7. The van der Waals surface area contributed by atoms with E-state index in [9.17, 15) is 14.4 Å². The fourth-order valence-electron chi connectivity index (χ4n) is 7.26. The lowest BCUT2D eigenvalue weighted by Gasteiger charge is -2.55. The van der Waals surface area contributed by atoms with Crippen LogP contribution in [-0.4, -0.2) is 37.4 Å². The zero-order chi connectivity index (χ0) is 23.0. The van der Waals surface area contributed by atoms with Gasteiger partial charge in [-0.15, -0.1) is 0 Å². The summed E-state index contributed by atoms with van der Waals surface area (Å²) in [5.74, 6) is 1.83. The molecule has 1 heterocycles. The van der Waals surface area contributed by atoms with Crippen LogP contribution in [0.1, 0.15) is 74.6 Å². The first-order valence-corrected chi connectivity index (χ1v) is 12.7.